The van der Waals surface area contributed by atoms with Crippen LogP contribution in [0.15, 0.2) is 158 Å². The first kappa shape index (κ1) is 29.8. The van der Waals surface area contributed by atoms with Gasteiger partial charge in [-0.25, -0.2) is 0 Å². The average molecular weight is 629 g/mol. The van der Waals surface area contributed by atoms with Gasteiger partial charge in [-0.05, 0) is 106 Å². The second-order valence-corrected chi connectivity index (χ2v) is 12.8. The highest BCUT2D eigenvalue weighted by Crippen LogP contribution is 2.53. The van der Waals surface area contributed by atoms with Crippen LogP contribution in [0.1, 0.15) is 36.1 Å². The fourth-order valence-electron chi connectivity index (χ4n) is 7.45. The predicted molar refractivity (Wildman–Crippen MR) is 200 cm³/mol. The summed E-state index contributed by atoms with van der Waals surface area (Å²) in [5, 5.41) is 22.4. The molecule has 7 aromatic carbocycles. The molecule has 0 saturated heterocycles. The molecule has 0 amide bonds. The lowest BCUT2D eigenvalue weighted by atomic mass is 9.80. The lowest BCUT2D eigenvalue weighted by Gasteiger charge is -2.29. The quantitative estimate of drug-likeness (QED) is 0.184. The van der Waals surface area contributed by atoms with E-state index in [1.807, 2.05) is 84.9 Å². The van der Waals surface area contributed by atoms with Gasteiger partial charge in [-0.1, -0.05) is 98.8 Å². The molecular weight excluding hydrogens is 597 g/mol. The molecule has 0 N–H and O–H groups in total. The minimum atomic E-state index is -0.286. The fourth-order valence-corrected chi connectivity index (χ4v) is 7.45. The van der Waals surface area contributed by atoms with Gasteiger partial charge in [0.15, 0.2) is 0 Å². The molecule has 0 saturated carbocycles. The Kier molecular flexibility index (Phi) is 7.21. The number of nitriles is 2. The van der Waals surface area contributed by atoms with E-state index < -0.39 is 0 Å². The van der Waals surface area contributed by atoms with Crippen molar-refractivity contribution in [2.75, 3.05) is 9.80 Å². The molecule has 0 unspecified atom stereocenters. The zero-order valence-corrected chi connectivity index (χ0v) is 27.3. The Hall–Kier alpha value is -6.62. The van der Waals surface area contributed by atoms with Crippen molar-refractivity contribution in [1.82, 2.24) is 0 Å². The highest BCUT2D eigenvalue weighted by atomic mass is 15.1. The highest BCUT2D eigenvalue weighted by Gasteiger charge is 2.37. The Bertz CT molecular complexity index is 2450. The van der Waals surface area contributed by atoms with Gasteiger partial charge in [0, 0.05) is 28.2 Å². The van der Waals surface area contributed by atoms with Gasteiger partial charge >= 0.3 is 0 Å². The van der Waals surface area contributed by atoms with Crippen molar-refractivity contribution in [1.29, 1.82) is 10.5 Å². The molecule has 1 aliphatic carbocycles. The van der Waals surface area contributed by atoms with Gasteiger partial charge in [0.1, 0.15) is 12.1 Å². The number of hydrogen-bond donors (Lipinski definition) is 0. The third kappa shape index (κ3) is 4.91. The summed E-state index contributed by atoms with van der Waals surface area (Å²) in [4.78, 5) is 4.34. The standard InChI is InChI=1S/C45H32N4/c1-45(2)41-28-37(49(35-17-7-4-8-18-35)43-20-12-10-14-33(43)30-47)23-26-39(41)40-24-21-31-27-36(22-25-38(31)44(40)45)48(34-15-5-3-6-16-34)42-19-11-9-13-32(42)29-46/h3-28H,1-2H3. The molecule has 4 heteroatoms. The monoisotopic (exact) mass is 628 g/mol. The topological polar surface area (TPSA) is 54.1 Å². The van der Waals surface area contributed by atoms with Crippen LogP contribution in [-0.4, -0.2) is 0 Å². The summed E-state index contributed by atoms with van der Waals surface area (Å²) in [6.07, 6.45) is 0. The SMILES string of the molecule is CC1(C)c2cc(N(c3ccccc3)c3ccccc3C#N)ccc2-c2ccc3cc(N(c4ccccc4)c4ccccc4C#N)ccc3c21. The van der Waals surface area contributed by atoms with Crippen LogP contribution in [0.4, 0.5) is 34.1 Å². The number of hydrogen-bond acceptors (Lipinski definition) is 4. The Labute approximate surface area is 287 Å². The number of anilines is 6. The van der Waals surface area contributed by atoms with Crippen LogP contribution in [0.3, 0.4) is 0 Å². The maximum atomic E-state index is 10.0. The zero-order chi connectivity index (χ0) is 33.5. The summed E-state index contributed by atoms with van der Waals surface area (Å²) >= 11 is 0. The number of para-hydroxylation sites is 4. The molecule has 7 aromatic rings. The van der Waals surface area contributed by atoms with Crippen molar-refractivity contribution in [2.45, 2.75) is 19.3 Å². The van der Waals surface area contributed by atoms with Gasteiger partial charge in [0.25, 0.3) is 0 Å². The maximum Gasteiger partial charge on any atom is 0.101 e. The van der Waals surface area contributed by atoms with E-state index in [4.69, 9.17) is 0 Å². The maximum absolute atomic E-state index is 10.0. The van der Waals surface area contributed by atoms with E-state index in [0.29, 0.717) is 11.1 Å². The van der Waals surface area contributed by atoms with Crippen LogP contribution in [0, 0.1) is 22.7 Å². The summed E-state index contributed by atoms with van der Waals surface area (Å²) < 4.78 is 0. The summed E-state index contributed by atoms with van der Waals surface area (Å²) in [6, 6.07) is 58.6. The molecule has 4 nitrogen and oxygen atoms in total. The van der Waals surface area contributed by atoms with E-state index in [1.54, 1.807) is 0 Å². The molecule has 0 aromatic heterocycles. The molecule has 232 valence electrons. The van der Waals surface area contributed by atoms with Gasteiger partial charge in [-0.2, -0.15) is 10.5 Å². The molecule has 0 aliphatic heterocycles. The smallest absolute Gasteiger partial charge is 0.101 e. The normalized spacial score (nSPS) is 12.4. The van der Waals surface area contributed by atoms with Crippen molar-refractivity contribution in [3.05, 3.63) is 180 Å². The lowest BCUT2D eigenvalue weighted by molar-refractivity contribution is 0.666. The summed E-state index contributed by atoms with van der Waals surface area (Å²) in [5.74, 6) is 0. The molecular formula is C45H32N4. The second kappa shape index (κ2) is 11.9. The van der Waals surface area contributed by atoms with Crippen molar-refractivity contribution in [3.63, 3.8) is 0 Å². The van der Waals surface area contributed by atoms with E-state index >= 15 is 0 Å². The van der Waals surface area contributed by atoms with Gasteiger partial charge in [0.05, 0.1) is 22.5 Å². The molecule has 1 aliphatic rings. The molecule has 8 rings (SSSR count). The Morgan fingerprint density at radius 2 is 0.959 bits per heavy atom. The first-order valence-corrected chi connectivity index (χ1v) is 16.4. The molecule has 0 heterocycles. The molecule has 0 fully saturated rings. The molecule has 0 spiro atoms. The van der Waals surface area contributed by atoms with E-state index in [2.05, 4.69) is 109 Å². The van der Waals surface area contributed by atoms with Crippen molar-refractivity contribution < 1.29 is 0 Å². The number of rotatable bonds is 6. The zero-order valence-electron chi connectivity index (χ0n) is 27.3. The third-order valence-electron chi connectivity index (χ3n) is 9.67. The summed E-state index contributed by atoms with van der Waals surface area (Å²) in [7, 11) is 0. The Morgan fingerprint density at radius 1 is 0.469 bits per heavy atom. The molecule has 0 radical (unpaired) electrons. The first-order chi connectivity index (χ1) is 24.0. The van der Waals surface area contributed by atoms with E-state index in [9.17, 15) is 10.5 Å². The van der Waals surface area contributed by atoms with Crippen LogP contribution in [-0.2, 0) is 5.41 Å². The van der Waals surface area contributed by atoms with E-state index in [0.717, 1.165) is 39.5 Å². The molecule has 0 atom stereocenters. The minimum Gasteiger partial charge on any atom is -0.309 e. The number of nitrogens with zero attached hydrogens (tertiary/aromatic N) is 4. The van der Waals surface area contributed by atoms with Crippen molar-refractivity contribution in [3.8, 4) is 23.3 Å². The van der Waals surface area contributed by atoms with Crippen LogP contribution in [0.25, 0.3) is 21.9 Å². The third-order valence-corrected chi connectivity index (χ3v) is 9.67. The summed E-state index contributed by atoms with van der Waals surface area (Å²) in [5.41, 5.74) is 11.7. The Morgan fingerprint density at radius 3 is 1.53 bits per heavy atom. The van der Waals surface area contributed by atoms with Crippen LogP contribution in [0.2, 0.25) is 0 Å². The van der Waals surface area contributed by atoms with Crippen molar-refractivity contribution >= 4 is 44.9 Å². The first-order valence-electron chi connectivity index (χ1n) is 16.4. The fraction of sp³-hybridized carbons (Fsp3) is 0.0667. The van der Waals surface area contributed by atoms with Crippen LogP contribution >= 0.6 is 0 Å². The molecule has 0 bridgehead atoms. The Balaban J connectivity index is 1.26. The van der Waals surface area contributed by atoms with Crippen LogP contribution < -0.4 is 9.80 Å². The van der Waals surface area contributed by atoms with Crippen molar-refractivity contribution in [2.24, 2.45) is 0 Å². The van der Waals surface area contributed by atoms with Gasteiger partial charge < -0.3 is 9.80 Å². The van der Waals surface area contributed by atoms with Gasteiger partial charge in [-0.15, -0.1) is 0 Å². The van der Waals surface area contributed by atoms with Gasteiger partial charge in [-0.3, -0.25) is 0 Å². The average Bonchev–Trinajstić information content (AvgIpc) is 3.39. The van der Waals surface area contributed by atoms with E-state index in [1.165, 1.54) is 27.6 Å². The molecule has 49 heavy (non-hydrogen) atoms. The number of benzene rings is 7. The minimum absolute atomic E-state index is 0.286. The lowest BCUT2D eigenvalue weighted by Crippen LogP contribution is -2.17. The summed E-state index contributed by atoms with van der Waals surface area (Å²) in [6.45, 7) is 4.62. The highest BCUT2D eigenvalue weighted by molar-refractivity contribution is 6.00. The van der Waals surface area contributed by atoms with Crippen LogP contribution in [0.5, 0.6) is 0 Å². The van der Waals surface area contributed by atoms with E-state index in [-0.39, 0.29) is 5.41 Å². The predicted octanol–water partition coefficient (Wildman–Crippen LogP) is 11.8. The second-order valence-electron chi connectivity index (χ2n) is 12.8. The van der Waals surface area contributed by atoms with Gasteiger partial charge in [0.2, 0.25) is 0 Å². The number of fused-ring (bicyclic) bond motifs is 5. The largest absolute Gasteiger partial charge is 0.309 e.